The van der Waals surface area contributed by atoms with Gasteiger partial charge in [0.2, 0.25) is 0 Å². The second kappa shape index (κ2) is 3.42. The predicted molar refractivity (Wildman–Crippen MR) is 53.8 cm³/mol. The highest BCUT2D eigenvalue weighted by Crippen LogP contribution is 2.26. The number of rotatable bonds is 1. The lowest BCUT2D eigenvalue weighted by molar-refractivity contribution is 0.425. The summed E-state index contributed by atoms with van der Waals surface area (Å²) in [5.41, 5.74) is 0.692. The van der Waals surface area contributed by atoms with Crippen LogP contribution in [0, 0.1) is 6.92 Å². The Kier molecular flexibility index (Phi) is 2.25. The number of hydrogen-bond donors (Lipinski definition) is 1. The molecule has 5 heteroatoms. The SMILES string of the molecule is Cc1noc(-c2cc(O)cc(Br)c2)n1. The van der Waals surface area contributed by atoms with Crippen molar-refractivity contribution in [2.24, 2.45) is 0 Å². The lowest BCUT2D eigenvalue weighted by Gasteiger charge is -1.97. The van der Waals surface area contributed by atoms with Crippen LogP contribution < -0.4 is 0 Å². The van der Waals surface area contributed by atoms with Gasteiger partial charge >= 0.3 is 0 Å². The first-order chi connectivity index (χ1) is 6.65. The van der Waals surface area contributed by atoms with Gasteiger partial charge in [0.1, 0.15) is 5.75 Å². The highest BCUT2D eigenvalue weighted by molar-refractivity contribution is 9.10. The van der Waals surface area contributed by atoms with Crippen LogP contribution in [0.2, 0.25) is 0 Å². The van der Waals surface area contributed by atoms with Gasteiger partial charge in [0, 0.05) is 10.0 Å². The Morgan fingerprint density at radius 2 is 2.14 bits per heavy atom. The van der Waals surface area contributed by atoms with Crippen LogP contribution in [0.5, 0.6) is 5.75 Å². The molecule has 0 aliphatic heterocycles. The summed E-state index contributed by atoms with van der Waals surface area (Å²) in [6.45, 7) is 1.74. The third kappa shape index (κ3) is 1.77. The summed E-state index contributed by atoms with van der Waals surface area (Å²) >= 11 is 3.27. The number of halogens is 1. The van der Waals surface area contributed by atoms with Crippen molar-refractivity contribution >= 4 is 15.9 Å². The number of nitrogens with zero attached hydrogens (tertiary/aromatic N) is 2. The highest BCUT2D eigenvalue weighted by Gasteiger charge is 2.07. The maximum absolute atomic E-state index is 9.34. The summed E-state index contributed by atoms with van der Waals surface area (Å²) < 4.78 is 5.73. The van der Waals surface area contributed by atoms with Crippen LogP contribution in [-0.2, 0) is 0 Å². The van der Waals surface area contributed by atoms with Crippen LogP contribution in [0.15, 0.2) is 27.2 Å². The first-order valence-electron chi connectivity index (χ1n) is 3.95. The van der Waals surface area contributed by atoms with Crippen LogP contribution in [0.25, 0.3) is 11.5 Å². The van der Waals surface area contributed by atoms with Crippen LogP contribution >= 0.6 is 15.9 Å². The molecule has 2 rings (SSSR count). The number of aromatic nitrogens is 2. The summed E-state index contributed by atoms with van der Waals surface area (Å²) in [4.78, 5) is 4.05. The minimum absolute atomic E-state index is 0.158. The van der Waals surface area contributed by atoms with Gasteiger partial charge in [-0.1, -0.05) is 21.1 Å². The quantitative estimate of drug-likeness (QED) is 0.850. The molecule has 1 heterocycles. The summed E-state index contributed by atoms with van der Waals surface area (Å²) in [5, 5.41) is 13.0. The molecule has 2 aromatic rings. The minimum atomic E-state index is 0.158. The van der Waals surface area contributed by atoms with Crippen molar-refractivity contribution in [3.63, 3.8) is 0 Å². The Labute approximate surface area is 88.7 Å². The Balaban J connectivity index is 2.51. The van der Waals surface area contributed by atoms with E-state index >= 15 is 0 Å². The fraction of sp³-hybridized carbons (Fsp3) is 0.111. The molecular weight excluding hydrogens is 248 g/mol. The molecule has 4 nitrogen and oxygen atoms in total. The molecule has 0 aliphatic rings. The normalized spacial score (nSPS) is 10.4. The molecule has 72 valence electrons. The van der Waals surface area contributed by atoms with E-state index in [1.54, 1.807) is 25.1 Å². The highest BCUT2D eigenvalue weighted by atomic mass is 79.9. The average Bonchev–Trinajstić information content (AvgIpc) is 2.50. The standard InChI is InChI=1S/C9H7BrN2O2/c1-5-11-9(14-12-5)6-2-7(10)4-8(13)3-6/h2-4,13H,1H3. The van der Waals surface area contributed by atoms with Gasteiger partial charge < -0.3 is 9.63 Å². The Morgan fingerprint density at radius 3 is 2.71 bits per heavy atom. The third-order valence-corrected chi connectivity index (χ3v) is 2.11. The first kappa shape index (κ1) is 9.21. The topological polar surface area (TPSA) is 59.2 Å². The van der Waals surface area contributed by atoms with Crippen molar-refractivity contribution in [2.45, 2.75) is 6.92 Å². The Bertz CT molecular complexity index is 447. The van der Waals surface area contributed by atoms with Gasteiger partial charge in [0.25, 0.3) is 5.89 Å². The van der Waals surface area contributed by atoms with Crippen molar-refractivity contribution in [1.82, 2.24) is 10.1 Å². The van der Waals surface area contributed by atoms with Crippen LogP contribution in [0.4, 0.5) is 0 Å². The van der Waals surface area contributed by atoms with E-state index in [9.17, 15) is 5.11 Å². The number of aryl methyl sites for hydroxylation is 1. The van der Waals surface area contributed by atoms with Crippen molar-refractivity contribution in [1.29, 1.82) is 0 Å². The summed E-state index contributed by atoms with van der Waals surface area (Å²) in [6.07, 6.45) is 0. The molecular formula is C9H7BrN2O2. The number of hydrogen-bond acceptors (Lipinski definition) is 4. The zero-order valence-corrected chi connectivity index (χ0v) is 8.95. The van der Waals surface area contributed by atoms with Gasteiger partial charge in [-0.3, -0.25) is 0 Å². The molecule has 0 fully saturated rings. The molecule has 0 saturated heterocycles. The van der Waals surface area contributed by atoms with E-state index in [-0.39, 0.29) is 5.75 Å². The zero-order chi connectivity index (χ0) is 10.1. The number of phenols is 1. The van der Waals surface area contributed by atoms with E-state index in [0.717, 1.165) is 4.47 Å². The van der Waals surface area contributed by atoms with Crippen LogP contribution in [0.1, 0.15) is 5.82 Å². The monoisotopic (exact) mass is 254 g/mol. The first-order valence-corrected chi connectivity index (χ1v) is 4.75. The third-order valence-electron chi connectivity index (χ3n) is 1.66. The number of benzene rings is 1. The summed E-state index contributed by atoms with van der Waals surface area (Å²) in [7, 11) is 0. The molecule has 0 amide bonds. The van der Waals surface area contributed by atoms with Crippen molar-refractivity contribution in [3.05, 3.63) is 28.5 Å². The Morgan fingerprint density at radius 1 is 1.36 bits per heavy atom. The van der Waals surface area contributed by atoms with E-state index in [1.165, 1.54) is 0 Å². The molecule has 14 heavy (non-hydrogen) atoms. The lowest BCUT2D eigenvalue weighted by Crippen LogP contribution is -1.78. The van der Waals surface area contributed by atoms with Gasteiger partial charge in [-0.05, 0) is 25.1 Å². The van der Waals surface area contributed by atoms with Gasteiger partial charge in [0.05, 0.1) is 0 Å². The van der Waals surface area contributed by atoms with Crippen LogP contribution in [-0.4, -0.2) is 15.2 Å². The van der Waals surface area contributed by atoms with E-state index in [0.29, 0.717) is 17.3 Å². The molecule has 1 N–H and O–H groups in total. The summed E-state index contributed by atoms with van der Waals surface area (Å²) in [6, 6.07) is 4.96. The molecule has 0 radical (unpaired) electrons. The average molecular weight is 255 g/mol. The molecule has 0 saturated carbocycles. The van der Waals surface area contributed by atoms with E-state index in [1.807, 2.05) is 0 Å². The van der Waals surface area contributed by atoms with E-state index in [2.05, 4.69) is 26.1 Å². The fourth-order valence-corrected chi connectivity index (χ4v) is 1.59. The molecule has 0 unspecified atom stereocenters. The maximum Gasteiger partial charge on any atom is 0.258 e. The number of aromatic hydroxyl groups is 1. The largest absolute Gasteiger partial charge is 0.508 e. The Hall–Kier alpha value is -1.36. The van der Waals surface area contributed by atoms with Crippen molar-refractivity contribution in [2.75, 3.05) is 0 Å². The lowest BCUT2D eigenvalue weighted by atomic mass is 10.2. The second-order valence-corrected chi connectivity index (χ2v) is 3.76. The predicted octanol–water partition coefficient (Wildman–Crippen LogP) is 2.51. The van der Waals surface area contributed by atoms with E-state index in [4.69, 9.17) is 4.52 Å². The van der Waals surface area contributed by atoms with E-state index < -0.39 is 0 Å². The summed E-state index contributed by atoms with van der Waals surface area (Å²) in [5.74, 6) is 1.13. The molecule has 1 aromatic carbocycles. The minimum Gasteiger partial charge on any atom is -0.508 e. The van der Waals surface area contributed by atoms with Crippen molar-refractivity contribution < 1.29 is 9.63 Å². The molecule has 0 spiro atoms. The molecule has 0 atom stereocenters. The second-order valence-electron chi connectivity index (χ2n) is 2.84. The smallest absolute Gasteiger partial charge is 0.258 e. The zero-order valence-electron chi connectivity index (χ0n) is 7.36. The van der Waals surface area contributed by atoms with Crippen LogP contribution in [0.3, 0.4) is 0 Å². The van der Waals surface area contributed by atoms with Crippen molar-refractivity contribution in [3.8, 4) is 17.2 Å². The molecule has 0 bridgehead atoms. The number of phenolic OH excluding ortho intramolecular Hbond substituents is 1. The van der Waals surface area contributed by atoms with Gasteiger partial charge in [0.15, 0.2) is 5.82 Å². The molecule has 1 aromatic heterocycles. The van der Waals surface area contributed by atoms with Gasteiger partial charge in [-0.25, -0.2) is 0 Å². The van der Waals surface area contributed by atoms with Gasteiger partial charge in [-0.2, -0.15) is 4.98 Å². The van der Waals surface area contributed by atoms with Gasteiger partial charge in [-0.15, -0.1) is 0 Å². The fourth-order valence-electron chi connectivity index (χ4n) is 1.11. The molecule has 0 aliphatic carbocycles. The maximum atomic E-state index is 9.34.